The van der Waals surface area contributed by atoms with E-state index in [0.717, 1.165) is 24.1 Å². The van der Waals surface area contributed by atoms with Gasteiger partial charge in [0.1, 0.15) is 5.54 Å². The molecule has 25 heavy (non-hydrogen) atoms. The second kappa shape index (κ2) is 7.56. The molecule has 0 saturated heterocycles. The average Bonchev–Trinajstić information content (AvgIpc) is 3.40. The van der Waals surface area contributed by atoms with Gasteiger partial charge in [-0.05, 0) is 50.3 Å². The fraction of sp³-hybridized carbons (Fsp3) is 0.526. The fourth-order valence-electron chi connectivity index (χ4n) is 2.57. The molecule has 3 N–H and O–H groups in total. The van der Waals surface area contributed by atoms with Gasteiger partial charge in [0.15, 0.2) is 0 Å². The Kier molecular flexibility index (Phi) is 5.68. The Labute approximate surface area is 149 Å². The summed E-state index contributed by atoms with van der Waals surface area (Å²) in [6.45, 7) is 7.44. The van der Waals surface area contributed by atoms with Gasteiger partial charge in [0, 0.05) is 17.3 Å². The minimum atomic E-state index is -0.791. The lowest BCUT2D eigenvalue weighted by Crippen LogP contribution is -2.48. The Morgan fingerprint density at radius 1 is 1.36 bits per heavy atom. The van der Waals surface area contributed by atoms with Crippen molar-refractivity contribution >= 4 is 23.2 Å². The number of carbonyl (C=O) groups excluding carboxylic acids is 2. The van der Waals surface area contributed by atoms with Crippen LogP contribution in [0.4, 0.5) is 11.4 Å². The van der Waals surface area contributed by atoms with Crippen molar-refractivity contribution in [3.05, 3.63) is 23.8 Å². The van der Waals surface area contributed by atoms with Crippen LogP contribution >= 0.6 is 0 Å². The Hall–Kier alpha value is -2.55. The smallest absolute Gasteiger partial charge is 0.240 e. The maximum Gasteiger partial charge on any atom is 0.240 e. The fourth-order valence-corrected chi connectivity index (χ4v) is 2.57. The molecule has 6 nitrogen and oxygen atoms in total. The molecule has 0 aliphatic heterocycles. The summed E-state index contributed by atoms with van der Waals surface area (Å²) >= 11 is 0. The number of nitrogens with one attached hydrogen (secondary N) is 3. The summed E-state index contributed by atoms with van der Waals surface area (Å²) < 4.78 is 0. The van der Waals surface area contributed by atoms with E-state index in [0.29, 0.717) is 5.69 Å². The van der Waals surface area contributed by atoms with Crippen molar-refractivity contribution in [2.45, 2.75) is 46.1 Å². The largest absolute Gasteiger partial charge is 0.376 e. The number of anilines is 2. The predicted octanol–water partition coefficient (Wildman–Crippen LogP) is 2.81. The van der Waals surface area contributed by atoms with E-state index in [-0.39, 0.29) is 30.2 Å². The molecule has 1 aromatic carbocycles. The monoisotopic (exact) mass is 342 g/mol. The summed E-state index contributed by atoms with van der Waals surface area (Å²) in [6, 6.07) is 7.75. The number of amides is 2. The summed E-state index contributed by atoms with van der Waals surface area (Å²) in [6.07, 6.45) is 1.96. The van der Waals surface area contributed by atoms with Gasteiger partial charge in [-0.15, -0.1) is 0 Å². The normalized spacial score (nSPS) is 15.8. The number of hydrogen-bond donors (Lipinski definition) is 3. The highest BCUT2D eigenvalue weighted by Crippen LogP contribution is 2.39. The minimum Gasteiger partial charge on any atom is -0.376 e. The van der Waals surface area contributed by atoms with Gasteiger partial charge < -0.3 is 16.0 Å². The standard InChI is InChI=1S/C19H26N4O2/c1-12(2)18(25)22-15-8-5-13(3)16(9-15)21-10-17(24)23-19(4,11-20)14-6-7-14/h5,8-9,12,14,21H,6-7,10H2,1-4H3,(H,22,25)(H,23,24)/t19-/m1/s1. The topological polar surface area (TPSA) is 94.0 Å². The molecule has 2 rings (SSSR count). The maximum absolute atomic E-state index is 12.2. The van der Waals surface area contributed by atoms with Crippen LogP contribution in [0.15, 0.2) is 18.2 Å². The molecule has 0 bridgehead atoms. The van der Waals surface area contributed by atoms with Crippen LogP contribution in [0.1, 0.15) is 39.2 Å². The lowest BCUT2D eigenvalue weighted by molar-refractivity contribution is -0.121. The first-order chi connectivity index (χ1) is 11.7. The molecule has 0 radical (unpaired) electrons. The van der Waals surface area contributed by atoms with Crippen LogP contribution < -0.4 is 16.0 Å². The number of nitriles is 1. The van der Waals surface area contributed by atoms with E-state index in [1.54, 1.807) is 6.92 Å². The van der Waals surface area contributed by atoms with Gasteiger partial charge in [-0.2, -0.15) is 5.26 Å². The van der Waals surface area contributed by atoms with Gasteiger partial charge in [-0.3, -0.25) is 9.59 Å². The molecule has 1 aromatic rings. The van der Waals surface area contributed by atoms with Crippen molar-refractivity contribution in [2.75, 3.05) is 17.2 Å². The highest BCUT2D eigenvalue weighted by atomic mass is 16.2. The number of aryl methyl sites for hydroxylation is 1. The van der Waals surface area contributed by atoms with E-state index in [4.69, 9.17) is 0 Å². The summed E-state index contributed by atoms with van der Waals surface area (Å²) in [5.74, 6) is -0.124. The number of benzene rings is 1. The third-order valence-corrected chi connectivity index (χ3v) is 4.49. The molecule has 0 aromatic heterocycles. The van der Waals surface area contributed by atoms with Crippen molar-refractivity contribution in [1.29, 1.82) is 5.26 Å². The summed E-state index contributed by atoms with van der Waals surface area (Å²) in [4.78, 5) is 24.0. The first-order valence-electron chi connectivity index (χ1n) is 8.63. The van der Waals surface area contributed by atoms with Gasteiger partial charge >= 0.3 is 0 Å². The molecular weight excluding hydrogens is 316 g/mol. The molecule has 0 unspecified atom stereocenters. The van der Waals surface area contributed by atoms with Crippen LogP contribution in [0, 0.1) is 30.1 Å². The molecule has 0 heterocycles. The molecule has 1 fully saturated rings. The molecule has 1 saturated carbocycles. The first-order valence-corrected chi connectivity index (χ1v) is 8.63. The van der Waals surface area contributed by atoms with Crippen LogP contribution in [0.25, 0.3) is 0 Å². The second-order valence-electron chi connectivity index (χ2n) is 7.16. The molecule has 1 aliphatic rings. The van der Waals surface area contributed by atoms with Crippen molar-refractivity contribution in [3.8, 4) is 6.07 Å². The van der Waals surface area contributed by atoms with E-state index in [1.165, 1.54) is 0 Å². The zero-order valence-electron chi connectivity index (χ0n) is 15.3. The molecule has 134 valence electrons. The Balaban J connectivity index is 1.96. The van der Waals surface area contributed by atoms with E-state index in [9.17, 15) is 14.9 Å². The van der Waals surface area contributed by atoms with Gasteiger partial charge in [0.05, 0.1) is 12.6 Å². The van der Waals surface area contributed by atoms with Crippen molar-refractivity contribution < 1.29 is 9.59 Å². The SMILES string of the molecule is Cc1ccc(NC(=O)C(C)C)cc1NCC(=O)N[C@](C)(C#N)C1CC1. The third-order valence-electron chi connectivity index (χ3n) is 4.49. The molecule has 0 spiro atoms. The lowest BCUT2D eigenvalue weighted by atomic mass is 9.98. The summed E-state index contributed by atoms with van der Waals surface area (Å²) in [7, 11) is 0. The minimum absolute atomic E-state index is 0.0539. The average molecular weight is 342 g/mol. The predicted molar refractivity (Wildman–Crippen MR) is 98.0 cm³/mol. The molecule has 6 heteroatoms. The van der Waals surface area contributed by atoms with Crippen LogP contribution in [-0.2, 0) is 9.59 Å². The zero-order chi connectivity index (χ0) is 18.6. The quantitative estimate of drug-likeness (QED) is 0.710. The van der Waals surface area contributed by atoms with Gasteiger partial charge in [0.2, 0.25) is 11.8 Å². The second-order valence-corrected chi connectivity index (χ2v) is 7.16. The number of hydrogen-bond acceptors (Lipinski definition) is 4. The van der Waals surface area contributed by atoms with E-state index in [1.807, 2.05) is 39.0 Å². The van der Waals surface area contributed by atoms with E-state index < -0.39 is 5.54 Å². The lowest BCUT2D eigenvalue weighted by Gasteiger charge is -2.23. The van der Waals surface area contributed by atoms with Crippen molar-refractivity contribution in [2.24, 2.45) is 11.8 Å². The van der Waals surface area contributed by atoms with Crippen LogP contribution in [0.3, 0.4) is 0 Å². The summed E-state index contributed by atoms with van der Waals surface area (Å²) in [5, 5.41) is 18.1. The van der Waals surface area contributed by atoms with Crippen LogP contribution in [-0.4, -0.2) is 23.9 Å². The molecule has 2 amide bonds. The summed E-state index contributed by atoms with van der Waals surface area (Å²) in [5.41, 5.74) is 1.65. The Morgan fingerprint density at radius 3 is 2.60 bits per heavy atom. The van der Waals surface area contributed by atoms with Crippen LogP contribution in [0.5, 0.6) is 0 Å². The van der Waals surface area contributed by atoms with Crippen molar-refractivity contribution in [3.63, 3.8) is 0 Å². The zero-order valence-corrected chi connectivity index (χ0v) is 15.3. The molecule has 1 aliphatic carbocycles. The highest BCUT2D eigenvalue weighted by Gasteiger charge is 2.42. The van der Waals surface area contributed by atoms with Gasteiger partial charge in [0.25, 0.3) is 0 Å². The van der Waals surface area contributed by atoms with E-state index >= 15 is 0 Å². The van der Waals surface area contributed by atoms with E-state index in [2.05, 4.69) is 22.0 Å². The Morgan fingerprint density at radius 2 is 2.04 bits per heavy atom. The first kappa shape index (κ1) is 18.8. The van der Waals surface area contributed by atoms with Gasteiger partial charge in [-0.1, -0.05) is 19.9 Å². The maximum atomic E-state index is 12.2. The van der Waals surface area contributed by atoms with Crippen molar-refractivity contribution in [1.82, 2.24) is 5.32 Å². The molecule has 1 atom stereocenters. The molecular formula is C19H26N4O2. The Bertz CT molecular complexity index is 704. The number of nitrogens with zero attached hydrogens (tertiary/aromatic N) is 1. The number of carbonyl (C=O) groups is 2. The van der Waals surface area contributed by atoms with Gasteiger partial charge in [-0.25, -0.2) is 0 Å². The third kappa shape index (κ3) is 4.96. The number of rotatable bonds is 7. The van der Waals surface area contributed by atoms with Crippen LogP contribution in [0.2, 0.25) is 0 Å². The highest BCUT2D eigenvalue weighted by molar-refractivity contribution is 5.92.